The van der Waals surface area contributed by atoms with E-state index < -0.39 is 11.8 Å². The molecule has 1 saturated carbocycles. The van der Waals surface area contributed by atoms with Crippen LogP contribution in [0, 0.1) is 11.3 Å². The molecule has 1 aliphatic carbocycles. The second kappa shape index (κ2) is 6.89. The van der Waals surface area contributed by atoms with E-state index in [2.05, 4.69) is 32.6 Å². The molecule has 0 amide bonds. The highest BCUT2D eigenvalue weighted by atomic mass is 19.3. The average molecular weight is 339 g/mol. The van der Waals surface area contributed by atoms with Crippen LogP contribution in [0.15, 0.2) is 0 Å². The van der Waals surface area contributed by atoms with Crippen LogP contribution in [0.3, 0.4) is 0 Å². The molecule has 2 rings (SSSR count). The molecule has 2 fully saturated rings. The molecule has 0 N–H and O–H groups in total. The minimum absolute atomic E-state index is 0.0181. The summed E-state index contributed by atoms with van der Waals surface area (Å²) in [6.07, 6.45) is 0.841. The molecule has 0 aromatic rings. The maximum absolute atomic E-state index is 12.9. The van der Waals surface area contributed by atoms with Crippen LogP contribution in [-0.4, -0.2) is 35.4 Å². The summed E-state index contributed by atoms with van der Waals surface area (Å²) in [4.78, 5) is 2.12. The van der Waals surface area contributed by atoms with E-state index in [1.165, 1.54) is 0 Å². The maximum atomic E-state index is 12.9. The molecule has 0 spiro atoms. The summed E-state index contributed by atoms with van der Waals surface area (Å²) in [5.74, 6) is -4.39. The van der Waals surface area contributed by atoms with Gasteiger partial charge in [-0.1, -0.05) is 20.8 Å². The Kier molecular flexibility index (Phi) is 6.21. The largest absolute Gasteiger partial charge is 0.298 e. The van der Waals surface area contributed by atoms with Gasteiger partial charge in [0, 0.05) is 44.3 Å². The Morgan fingerprint density at radius 2 is 1.35 bits per heavy atom. The van der Waals surface area contributed by atoms with Gasteiger partial charge in [-0.05, 0) is 38.5 Å². The molecule has 0 radical (unpaired) electrons. The fourth-order valence-electron chi connectivity index (χ4n) is 3.25. The van der Waals surface area contributed by atoms with Crippen molar-refractivity contribution in [2.45, 2.75) is 91.0 Å². The first-order chi connectivity index (χ1) is 10.1. The van der Waals surface area contributed by atoms with Gasteiger partial charge in [-0.25, -0.2) is 17.6 Å². The van der Waals surface area contributed by atoms with Crippen LogP contribution in [0.5, 0.6) is 0 Å². The Morgan fingerprint density at radius 1 is 0.870 bits per heavy atom. The minimum Gasteiger partial charge on any atom is -0.298 e. The van der Waals surface area contributed by atoms with Crippen molar-refractivity contribution >= 4 is 0 Å². The molecule has 2 aliphatic rings. The van der Waals surface area contributed by atoms with Gasteiger partial charge in [-0.2, -0.15) is 0 Å². The van der Waals surface area contributed by atoms with Crippen LogP contribution in [0.4, 0.5) is 17.6 Å². The van der Waals surface area contributed by atoms with E-state index in [0.717, 1.165) is 0 Å². The van der Waals surface area contributed by atoms with E-state index >= 15 is 0 Å². The van der Waals surface area contributed by atoms with Gasteiger partial charge in [0.15, 0.2) is 0 Å². The van der Waals surface area contributed by atoms with Crippen molar-refractivity contribution in [3.8, 4) is 0 Å². The van der Waals surface area contributed by atoms with Gasteiger partial charge in [0.25, 0.3) is 5.92 Å². The molecule has 0 aromatic heterocycles. The molecule has 1 aliphatic heterocycles. The smallest absolute Gasteiger partial charge is 0.250 e. The molecule has 1 heterocycles. The third-order valence-corrected chi connectivity index (χ3v) is 5.44. The lowest BCUT2D eigenvalue weighted by Crippen LogP contribution is -2.48. The molecule has 0 bridgehead atoms. The number of rotatable bonds is 0. The average Bonchev–Trinajstić information content (AvgIpc) is 2.32. The van der Waals surface area contributed by atoms with E-state index in [-0.39, 0.29) is 36.6 Å². The second-order valence-electron chi connectivity index (χ2n) is 8.97. The third-order valence-electron chi connectivity index (χ3n) is 5.44. The zero-order valence-electron chi connectivity index (χ0n) is 15.5. The van der Waals surface area contributed by atoms with E-state index in [9.17, 15) is 17.6 Å². The molecular weight excluding hydrogens is 306 g/mol. The highest BCUT2D eigenvalue weighted by Crippen LogP contribution is 2.47. The topological polar surface area (TPSA) is 3.24 Å². The molecule has 1 unspecified atom stereocenters. The number of piperidine rings is 1. The van der Waals surface area contributed by atoms with Crippen LogP contribution < -0.4 is 0 Å². The lowest BCUT2D eigenvalue weighted by atomic mass is 9.68. The van der Waals surface area contributed by atoms with Gasteiger partial charge < -0.3 is 0 Å². The molecule has 23 heavy (non-hydrogen) atoms. The fourth-order valence-corrected chi connectivity index (χ4v) is 3.25. The first-order valence-corrected chi connectivity index (χ1v) is 8.65. The van der Waals surface area contributed by atoms with Crippen LogP contribution in [0.2, 0.25) is 0 Å². The lowest BCUT2D eigenvalue weighted by Gasteiger charge is -2.40. The highest BCUT2D eigenvalue weighted by molar-refractivity contribution is 4.88. The summed E-state index contributed by atoms with van der Waals surface area (Å²) in [5, 5.41) is 0. The first kappa shape index (κ1) is 20.7. The summed E-state index contributed by atoms with van der Waals surface area (Å²) in [5.41, 5.74) is -0.141. The summed E-state index contributed by atoms with van der Waals surface area (Å²) >= 11 is 0. The summed E-state index contributed by atoms with van der Waals surface area (Å²) in [6.45, 7) is 13.2. The van der Waals surface area contributed by atoms with Gasteiger partial charge in [-0.3, -0.25) is 4.90 Å². The molecule has 1 saturated heterocycles. The Bertz CT molecular complexity index is 375. The van der Waals surface area contributed by atoms with Gasteiger partial charge in [0.1, 0.15) is 0 Å². The zero-order chi connectivity index (χ0) is 18.1. The van der Waals surface area contributed by atoms with Crippen LogP contribution in [0.1, 0.15) is 73.6 Å². The maximum Gasteiger partial charge on any atom is 0.250 e. The molecular formula is C18H33F4N. The predicted molar refractivity (Wildman–Crippen MR) is 87.3 cm³/mol. The van der Waals surface area contributed by atoms with Crippen molar-refractivity contribution in [1.29, 1.82) is 0 Å². The van der Waals surface area contributed by atoms with Crippen LogP contribution >= 0.6 is 0 Å². The predicted octanol–water partition coefficient (Wildman–Crippen LogP) is 5.98. The SMILES string of the molecule is CC(C)(C)N1CCC(F)(F)CC1.CC1CCC(F)(F)CC1(C)C. The summed E-state index contributed by atoms with van der Waals surface area (Å²) in [6, 6.07) is 0. The Hall–Kier alpha value is -0.320. The quantitative estimate of drug-likeness (QED) is 0.490. The Morgan fingerprint density at radius 3 is 1.70 bits per heavy atom. The summed E-state index contributed by atoms with van der Waals surface area (Å²) in [7, 11) is 0. The van der Waals surface area contributed by atoms with E-state index in [4.69, 9.17) is 0 Å². The second-order valence-corrected chi connectivity index (χ2v) is 8.97. The van der Waals surface area contributed by atoms with Gasteiger partial charge in [0.05, 0.1) is 0 Å². The third kappa shape index (κ3) is 6.60. The lowest BCUT2D eigenvalue weighted by molar-refractivity contribution is -0.0921. The van der Waals surface area contributed by atoms with E-state index in [0.29, 0.717) is 25.4 Å². The Labute approximate surface area is 138 Å². The number of alkyl halides is 4. The van der Waals surface area contributed by atoms with Crippen molar-refractivity contribution in [2.75, 3.05) is 13.1 Å². The number of halogens is 4. The van der Waals surface area contributed by atoms with Crippen molar-refractivity contribution in [1.82, 2.24) is 4.90 Å². The number of hydrogen-bond donors (Lipinski definition) is 0. The van der Waals surface area contributed by atoms with Gasteiger partial charge in [-0.15, -0.1) is 0 Å². The highest BCUT2D eigenvalue weighted by Gasteiger charge is 2.44. The van der Waals surface area contributed by atoms with Crippen LogP contribution in [0.25, 0.3) is 0 Å². The van der Waals surface area contributed by atoms with Gasteiger partial charge >= 0.3 is 0 Å². The molecule has 0 aromatic carbocycles. The van der Waals surface area contributed by atoms with Gasteiger partial charge in [0.2, 0.25) is 5.92 Å². The standard InChI is InChI=1S/C9H17F2N.C9H16F2/c1-8(2,3)12-6-4-9(10,11)5-7-12;1-7-4-5-9(10,11)6-8(7,2)3/h4-7H2,1-3H3;7H,4-6H2,1-3H3. The van der Waals surface area contributed by atoms with Crippen molar-refractivity contribution < 1.29 is 17.6 Å². The molecule has 1 atom stereocenters. The van der Waals surface area contributed by atoms with Crippen molar-refractivity contribution in [2.24, 2.45) is 11.3 Å². The zero-order valence-corrected chi connectivity index (χ0v) is 15.5. The van der Waals surface area contributed by atoms with Crippen molar-refractivity contribution in [3.63, 3.8) is 0 Å². The monoisotopic (exact) mass is 339 g/mol. The number of likely N-dealkylation sites (tertiary alicyclic amines) is 1. The normalized spacial score (nSPS) is 30.3. The molecule has 5 heteroatoms. The van der Waals surface area contributed by atoms with Crippen LogP contribution in [-0.2, 0) is 0 Å². The van der Waals surface area contributed by atoms with E-state index in [1.54, 1.807) is 0 Å². The first-order valence-electron chi connectivity index (χ1n) is 8.65. The Balaban J connectivity index is 0.000000231. The molecule has 138 valence electrons. The molecule has 1 nitrogen and oxygen atoms in total. The fraction of sp³-hybridized carbons (Fsp3) is 1.00. The van der Waals surface area contributed by atoms with E-state index in [1.807, 2.05) is 13.8 Å². The minimum atomic E-state index is -2.41. The number of hydrogen-bond acceptors (Lipinski definition) is 1. The number of nitrogens with zero attached hydrogens (tertiary/aromatic N) is 1. The summed E-state index contributed by atoms with van der Waals surface area (Å²) < 4.78 is 51.2. The van der Waals surface area contributed by atoms with Crippen molar-refractivity contribution in [3.05, 3.63) is 0 Å².